The molecule has 0 amide bonds. The van der Waals surface area contributed by atoms with Crippen LogP contribution < -0.4 is 4.74 Å². The second-order valence-electron chi connectivity index (χ2n) is 4.82. The average Bonchev–Trinajstić information content (AvgIpc) is 2.46. The second-order valence-corrected chi connectivity index (χ2v) is 4.82. The predicted octanol–water partition coefficient (Wildman–Crippen LogP) is 3.27. The molecule has 0 fully saturated rings. The summed E-state index contributed by atoms with van der Waals surface area (Å²) in [4.78, 5) is 13.6. The zero-order valence-electron chi connectivity index (χ0n) is 11.6. The Kier molecular flexibility index (Phi) is 4.74. The van der Waals surface area contributed by atoms with Gasteiger partial charge in [0, 0.05) is 18.7 Å². The molecule has 0 aliphatic carbocycles. The Labute approximate surface area is 114 Å². The van der Waals surface area contributed by atoms with Gasteiger partial charge in [0.05, 0.1) is 0 Å². The molecule has 0 radical (unpaired) electrons. The number of Topliss-reactive ketones (excluding diaryl/α,β-unsaturated/α-hetero) is 1. The Hall–Kier alpha value is -1.61. The standard InChI is InChI=1S/C16H21NO2/c1-3-16(17-11-5-4-6-12-17)19-15-9-7-14(8-10-15)13(2)18/h4-5,7-10,16H,3,6,11-12H2,1-2H3. The minimum atomic E-state index is 0.0831. The molecule has 1 atom stereocenters. The van der Waals surface area contributed by atoms with Gasteiger partial charge < -0.3 is 4.74 Å². The van der Waals surface area contributed by atoms with Crippen molar-refractivity contribution >= 4 is 5.78 Å². The number of hydrogen-bond donors (Lipinski definition) is 0. The monoisotopic (exact) mass is 259 g/mol. The van der Waals surface area contributed by atoms with Crippen LogP contribution in [0.15, 0.2) is 36.4 Å². The summed E-state index contributed by atoms with van der Waals surface area (Å²) in [5, 5.41) is 0. The van der Waals surface area contributed by atoms with E-state index in [1.54, 1.807) is 6.92 Å². The van der Waals surface area contributed by atoms with Crippen molar-refractivity contribution in [1.82, 2.24) is 4.90 Å². The normalized spacial score (nSPS) is 17.2. The van der Waals surface area contributed by atoms with Gasteiger partial charge in [-0.05, 0) is 44.0 Å². The zero-order valence-corrected chi connectivity index (χ0v) is 11.6. The van der Waals surface area contributed by atoms with Crippen LogP contribution in [-0.2, 0) is 0 Å². The molecule has 0 saturated heterocycles. The average molecular weight is 259 g/mol. The number of nitrogens with zero attached hydrogens (tertiary/aromatic N) is 1. The van der Waals surface area contributed by atoms with Crippen LogP contribution in [0.4, 0.5) is 0 Å². The lowest BCUT2D eigenvalue weighted by Crippen LogP contribution is -2.41. The van der Waals surface area contributed by atoms with Crippen LogP contribution in [0.5, 0.6) is 5.75 Å². The Bertz CT molecular complexity index is 450. The van der Waals surface area contributed by atoms with E-state index in [4.69, 9.17) is 4.74 Å². The van der Waals surface area contributed by atoms with Crippen LogP contribution in [0, 0.1) is 0 Å². The summed E-state index contributed by atoms with van der Waals surface area (Å²) in [5.41, 5.74) is 0.723. The molecule has 1 aliphatic rings. The van der Waals surface area contributed by atoms with E-state index in [-0.39, 0.29) is 12.0 Å². The van der Waals surface area contributed by atoms with E-state index in [0.29, 0.717) is 0 Å². The SMILES string of the molecule is CCC(Oc1ccc(C(C)=O)cc1)N1CC=CCC1. The number of rotatable bonds is 5. The van der Waals surface area contributed by atoms with Crippen LogP contribution in [0.2, 0.25) is 0 Å². The molecule has 1 unspecified atom stereocenters. The lowest BCUT2D eigenvalue weighted by molar-refractivity contribution is 0.0292. The van der Waals surface area contributed by atoms with Gasteiger partial charge in [0.25, 0.3) is 0 Å². The fourth-order valence-electron chi connectivity index (χ4n) is 2.26. The first-order chi connectivity index (χ1) is 9.20. The molecule has 1 aliphatic heterocycles. The maximum absolute atomic E-state index is 11.2. The molecule has 1 aromatic rings. The lowest BCUT2D eigenvalue weighted by atomic mass is 10.1. The summed E-state index contributed by atoms with van der Waals surface area (Å²) in [7, 11) is 0. The number of benzene rings is 1. The van der Waals surface area contributed by atoms with Gasteiger partial charge in [0.2, 0.25) is 0 Å². The quantitative estimate of drug-likeness (QED) is 0.600. The van der Waals surface area contributed by atoms with E-state index in [9.17, 15) is 4.79 Å². The highest BCUT2D eigenvalue weighted by Crippen LogP contribution is 2.18. The summed E-state index contributed by atoms with van der Waals surface area (Å²) in [6.45, 7) is 5.70. The molecule has 0 saturated carbocycles. The Morgan fingerprint density at radius 2 is 2.05 bits per heavy atom. The largest absolute Gasteiger partial charge is 0.475 e. The van der Waals surface area contributed by atoms with E-state index in [0.717, 1.165) is 37.2 Å². The topological polar surface area (TPSA) is 29.5 Å². The number of hydrogen-bond acceptors (Lipinski definition) is 3. The second kappa shape index (κ2) is 6.53. The summed E-state index contributed by atoms with van der Waals surface area (Å²) in [6, 6.07) is 7.39. The number of carbonyl (C=O) groups is 1. The van der Waals surface area contributed by atoms with Crippen LogP contribution in [0.3, 0.4) is 0 Å². The third-order valence-electron chi connectivity index (χ3n) is 3.38. The molecule has 3 nitrogen and oxygen atoms in total. The molecule has 102 valence electrons. The Balaban J connectivity index is 2.01. The fraction of sp³-hybridized carbons (Fsp3) is 0.438. The van der Waals surface area contributed by atoms with Crippen molar-refractivity contribution in [3.05, 3.63) is 42.0 Å². The van der Waals surface area contributed by atoms with E-state index in [1.807, 2.05) is 24.3 Å². The highest BCUT2D eigenvalue weighted by molar-refractivity contribution is 5.94. The third kappa shape index (κ3) is 3.67. The highest BCUT2D eigenvalue weighted by atomic mass is 16.5. The molecule has 0 bridgehead atoms. The van der Waals surface area contributed by atoms with Crippen molar-refractivity contribution in [3.63, 3.8) is 0 Å². The zero-order chi connectivity index (χ0) is 13.7. The smallest absolute Gasteiger partial charge is 0.159 e. The van der Waals surface area contributed by atoms with Crippen molar-refractivity contribution in [2.45, 2.75) is 32.9 Å². The van der Waals surface area contributed by atoms with Gasteiger partial charge in [-0.25, -0.2) is 0 Å². The maximum Gasteiger partial charge on any atom is 0.159 e. The van der Waals surface area contributed by atoms with Crippen molar-refractivity contribution in [2.24, 2.45) is 0 Å². The summed E-state index contributed by atoms with van der Waals surface area (Å²) in [6.07, 6.45) is 6.54. The van der Waals surface area contributed by atoms with Crippen LogP contribution in [0.1, 0.15) is 37.0 Å². The Morgan fingerprint density at radius 1 is 1.32 bits per heavy atom. The van der Waals surface area contributed by atoms with Crippen LogP contribution >= 0.6 is 0 Å². The van der Waals surface area contributed by atoms with Gasteiger partial charge in [-0.2, -0.15) is 0 Å². The molecule has 1 heterocycles. The third-order valence-corrected chi connectivity index (χ3v) is 3.38. The molecule has 3 heteroatoms. The molecule has 2 rings (SSSR count). The molecular formula is C16H21NO2. The van der Waals surface area contributed by atoms with Gasteiger partial charge in [0.1, 0.15) is 5.75 Å². The van der Waals surface area contributed by atoms with Crippen LogP contribution in [0.25, 0.3) is 0 Å². The summed E-state index contributed by atoms with van der Waals surface area (Å²) >= 11 is 0. The van der Waals surface area contributed by atoms with E-state index in [1.165, 1.54) is 0 Å². The molecule has 0 spiro atoms. The number of ether oxygens (including phenoxy) is 1. The predicted molar refractivity (Wildman–Crippen MR) is 76.5 cm³/mol. The number of carbonyl (C=O) groups excluding carboxylic acids is 1. The van der Waals surface area contributed by atoms with Crippen molar-refractivity contribution in [2.75, 3.05) is 13.1 Å². The van der Waals surface area contributed by atoms with E-state index in [2.05, 4.69) is 24.0 Å². The van der Waals surface area contributed by atoms with Crippen molar-refractivity contribution in [3.8, 4) is 5.75 Å². The van der Waals surface area contributed by atoms with Gasteiger partial charge in [-0.1, -0.05) is 19.1 Å². The van der Waals surface area contributed by atoms with Gasteiger partial charge in [-0.15, -0.1) is 0 Å². The van der Waals surface area contributed by atoms with E-state index < -0.39 is 0 Å². The molecule has 1 aromatic carbocycles. The maximum atomic E-state index is 11.2. The van der Waals surface area contributed by atoms with Crippen LogP contribution in [-0.4, -0.2) is 30.0 Å². The van der Waals surface area contributed by atoms with Gasteiger partial charge >= 0.3 is 0 Å². The minimum absolute atomic E-state index is 0.0831. The van der Waals surface area contributed by atoms with Gasteiger partial charge in [-0.3, -0.25) is 9.69 Å². The van der Waals surface area contributed by atoms with Crippen molar-refractivity contribution in [1.29, 1.82) is 0 Å². The first kappa shape index (κ1) is 13.8. The first-order valence-electron chi connectivity index (χ1n) is 6.87. The van der Waals surface area contributed by atoms with Crippen molar-refractivity contribution < 1.29 is 9.53 Å². The molecule has 19 heavy (non-hydrogen) atoms. The molecule has 0 N–H and O–H groups in total. The summed E-state index contributed by atoms with van der Waals surface area (Å²) < 4.78 is 6.02. The fourth-order valence-corrected chi connectivity index (χ4v) is 2.26. The molecular weight excluding hydrogens is 238 g/mol. The highest BCUT2D eigenvalue weighted by Gasteiger charge is 2.18. The van der Waals surface area contributed by atoms with E-state index >= 15 is 0 Å². The Morgan fingerprint density at radius 3 is 2.58 bits per heavy atom. The lowest BCUT2D eigenvalue weighted by Gasteiger charge is -2.31. The summed E-state index contributed by atoms with van der Waals surface area (Å²) in [5.74, 6) is 0.908. The van der Waals surface area contributed by atoms with Gasteiger partial charge in [0.15, 0.2) is 12.0 Å². The number of ketones is 1. The molecule has 0 aromatic heterocycles. The minimum Gasteiger partial charge on any atom is -0.475 e. The first-order valence-corrected chi connectivity index (χ1v) is 6.87.